The molecule has 0 aliphatic carbocycles. The first-order chi connectivity index (χ1) is 27.8. The molecule has 0 aliphatic rings. The minimum Gasteiger partial charge on any atom is -0.456 e. The van der Waals surface area contributed by atoms with E-state index in [9.17, 15) is 4.11 Å². The van der Waals surface area contributed by atoms with Crippen LogP contribution in [0.25, 0.3) is 99.1 Å². The van der Waals surface area contributed by atoms with Crippen molar-refractivity contribution in [1.82, 2.24) is 0 Å². The summed E-state index contributed by atoms with van der Waals surface area (Å²) in [6, 6.07) is 51.4. The summed E-state index contributed by atoms with van der Waals surface area (Å²) in [7, 11) is 0. The van der Waals surface area contributed by atoms with E-state index in [-0.39, 0.29) is 58.4 Å². The van der Waals surface area contributed by atoms with Gasteiger partial charge in [0, 0.05) is 10.8 Å². The number of fused-ring (bicyclic) bond motifs is 5. The van der Waals surface area contributed by atoms with Crippen molar-refractivity contribution < 1.29 is 12.6 Å². The highest BCUT2D eigenvalue weighted by molar-refractivity contribution is 6.25. The topological polar surface area (TPSA) is 13.1 Å². The predicted molar refractivity (Wildman–Crippen MR) is 216 cm³/mol. The van der Waals surface area contributed by atoms with Gasteiger partial charge in [-0.05, 0) is 114 Å². The maximum atomic E-state index is 9.54. The molecule has 238 valence electrons. The fourth-order valence-electron chi connectivity index (χ4n) is 7.46. The van der Waals surface area contributed by atoms with Crippen LogP contribution in [-0.4, -0.2) is 0 Å². The van der Waals surface area contributed by atoms with Gasteiger partial charge >= 0.3 is 0 Å². The van der Waals surface area contributed by atoms with Crippen molar-refractivity contribution in [3.8, 4) is 55.6 Å². The smallest absolute Gasteiger partial charge is 0.136 e. The van der Waals surface area contributed by atoms with Crippen LogP contribution >= 0.6 is 0 Å². The minimum atomic E-state index is -0.315. The molecule has 0 atom stereocenters. The molecule has 0 bridgehead atoms. The van der Waals surface area contributed by atoms with Crippen LogP contribution in [0.4, 0.5) is 0 Å². The van der Waals surface area contributed by atoms with Gasteiger partial charge < -0.3 is 4.42 Å². The zero-order valence-corrected chi connectivity index (χ0v) is 27.4. The van der Waals surface area contributed by atoms with Crippen LogP contribution in [0.1, 0.15) is 8.22 Å². The van der Waals surface area contributed by atoms with E-state index in [1.54, 1.807) is 12.1 Å². The summed E-state index contributed by atoms with van der Waals surface area (Å²) in [4.78, 5) is 0. The van der Waals surface area contributed by atoms with E-state index in [0.29, 0.717) is 22.1 Å². The van der Waals surface area contributed by atoms with Gasteiger partial charge in [-0.2, -0.15) is 0 Å². The van der Waals surface area contributed by atoms with Gasteiger partial charge in [0.15, 0.2) is 0 Å². The Labute approximate surface area is 305 Å². The van der Waals surface area contributed by atoms with Gasteiger partial charge in [-0.3, -0.25) is 0 Å². The van der Waals surface area contributed by atoms with Crippen molar-refractivity contribution in [2.45, 2.75) is 0 Å². The Hall–Kier alpha value is -6.70. The lowest BCUT2D eigenvalue weighted by Crippen LogP contribution is -1.92. The number of hydrogen-bond acceptors (Lipinski definition) is 1. The van der Waals surface area contributed by atoms with E-state index < -0.39 is 0 Å². The molecule has 1 heterocycles. The maximum absolute atomic E-state index is 9.54. The highest BCUT2D eigenvalue weighted by Crippen LogP contribution is 2.48. The lowest BCUT2D eigenvalue weighted by atomic mass is 9.83. The summed E-state index contributed by atoms with van der Waals surface area (Å²) in [6.07, 6.45) is 0. The summed E-state index contributed by atoms with van der Waals surface area (Å²) < 4.78 is 61.8. The van der Waals surface area contributed by atoms with E-state index in [0.717, 1.165) is 54.9 Å². The van der Waals surface area contributed by atoms with Crippen molar-refractivity contribution in [2.24, 2.45) is 0 Å². The van der Waals surface area contributed by atoms with Crippen LogP contribution < -0.4 is 0 Å². The molecular formula is C50H32O. The Morgan fingerprint density at radius 1 is 0.353 bits per heavy atom. The number of furan rings is 1. The van der Waals surface area contributed by atoms with Crippen molar-refractivity contribution >= 4 is 43.5 Å². The molecule has 9 aromatic carbocycles. The monoisotopic (exact) mass is 654 g/mol. The molecule has 0 fully saturated rings. The quantitative estimate of drug-likeness (QED) is 0.168. The third-order valence-corrected chi connectivity index (χ3v) is 9.75. The van der Waals surface area contributed by atoms with Crippen LogP contribution in [0.2, 0.25) is 0 Å². The zero-order valence-electron chi connectivity index (χ0n) is 33.4. The average Bonchev–Trinajstić information content (AvgIpc) is 3.66. The molecule has 1 heteroatoms. The first-order valence-electron chi connectivity index (χ1n) is 20.0. The van der Waals surface area contributed by atoms with Gasteiger partial charge in [0.25, 0.3) is 0 Å². The third kappa shape index (κ3) is 4.94. The second-order valence-corrected chi connectivity index (χ2v) is 12.7. The zero-order chi connectivity index (χ0) is 38.9. The Bertz CT molecular complexity index is 3110. The predicted octanol–water partition coefficient (Wildman–Crippen LogP) is 14.2. The van der Waals surface area contributed by atoms with Gasteiger partial charge in [-0.15, -0.1) is 0 Å². The Morgan fingerprint density at radius 3 is 1.37 bits per heavy atom. The Kier molecular flexibility index (Phi) is 5.56. The summed E-state index contributed by atoms with van der Waals surface area (Å²) in [5.74, 6) is 0. The van der Waals surface area contributed by atoms with E-state index >= 15 is 0 Å². The average molecular weight is 655 g/mol. The van der Waals surface area contributed by atoms with Crippen LogP contribution in [0.15, 0.2) is 198 Å². The molecule has 0 unspecified atom stereocenters. The molecule has 1 nitrogen and oxygen atoms in total. The lowest BCUT2D eigenvalue weighted by Gasteiger charge is -2.19. The van der Waals surface area contributed by atoms with Crippen molar-refractivity contribution in [1.29, 1.82) is 0 Å². The Morgan fingerprint density at radius 2 is 0.824 bits per heavy atom. The standard InChI is InChI=1S/C50H32O/c1-4-15-33(16-5-1)36-27-28-44-47(32-36)51-46-26-14-25-45(50(44)46)49-42-23-12-10-21-40(42)48(41-22-11-13-24-43(41)49)39-30-37(34-17-6-2-7-18-34)29-38(31-39)35-19-8-3-9-20-35/h1-32H/i14D,25D,26D,27D,28D,32D. The highest BCUT2D eigenvalue weighted by Gasteiger charge is 2.21. The van der Waals surface area contributed by atoms with Crippen LogP contribution in [0, 0.1) is 0 Å². The SMILES string of the molecule is [2H]c1c([2H])c(-c2c3ccccc3c(-c3cc(-c4ccccc4)cc(-c4ccccc4)c3)c3ccccc23)c2c(oc3c([2H])c(-c4ccccc4)c([2H])c([2H])c32)c1[2H]. The molecule has 1 aromatic heterocycles. The van der Waals surface area contributed by atoms with Gasteiger partial charge in [0.2, 0.25) is 0 Å². The Balaban J connectivity index is 1.34. The van der Waals surface area contributed by atoms with Gasteiger partial charge in [0.05, 0.1) is 8.22 Å². The van der Waals surface area contributed by atoms with Gasteiger partial charge in [-0.1, -0.05) is 158 Å². The number of hydrogen-bond donors (Lipinski definition) is 0. The molecule has 0 saturated heterocycles. The molecular weight excluding hydrogens is 617 g/mol. The molecule has 10 aromatic rings. The molecule has 0 radical (unpaired) electrons. The third-order valence-electron chi connectivity index (χ3n) is 9.75. The van der Waals surface area contributed by atoms with E-state index in [1.165, 1.54) is 0 Å². The van der Waals surface area contributed by atoms with Gasteiger partial charge in [-0.25, -0.2) is 0 Å². The van der Waals surface area contributed by atoms with Gasteiger partial charge in [0.1, 0.15) is 11.2 Å². The summed E-state index contributed by atoms with van der Waals surface area (Å²) in [5, 5.41) is 3.99. The molecule has 0 spiro atoms. The molecule has 0 aliphatic heterocycles. The van der Waals surface area contributed by atoms with Crippen LogP contribution in [0.3, 0.4) is 0 Å². The van der Waals surface area contributed by atoms with Crippen molar-refractivity contribution in [3.63, 3.8) is 0 Å². The van der Waals surface area contributed by atoms with E-state index in [1.807, 2.05) is 91.0 Å². The normalized spacial score (nSPS) is 13.2. The van der Waals surface area contributed by atoms with Crippen LogP contribution in [0.5, 0.6) is 0 Å². The largest absolute Gasteiger partial charge is 0.456 e. The highest BCUT2D eigenvalue weighted by atomic mass is 16.3. The summed E-state index contributed by atoms with van der Waals surface area (Å²) >= 11 is 0. The molecule has 0 amide bonds. The number of benzene rings is 9. The molecule has 10 rings (SSSR count). The summed E-state index contributed by atoms with van der Waals surface area (Å²) in [5.41, 5.74) is 8.31. The fraction of sp³-hybridized carbons (Fsp3) is 0. The molecule has 0 saturated carbocycles. The fourth-order valence-corrected chi connectivity index (χ4v) is 7.46. The van der Waals surface area contributed by atoms with Crippen molar-refractivity contribution in [2.75, 3.05) is 0 Å². The molecule has 0 N–H and O–H groups in total. The minimum absolute atomic E-state index is 0.0212. The van der Waals surface area contributed by atoms with Crippen LogP contribution in [-0.2, 0) is 0 Å². The summed E-state index contributed by atoms with van der Waals surface area (Å²) in [6.45, 7) is 0. The second kappa shape index (κ2) is 12.0. The number of rotatable bonds is 5. The second-order valence-electron chi connectivity index (χ2n) is 12.7. The van der Waals surface area contributed by atoms with E-state index in [4.69, 9.17) is 8.53 Å². The lowest BCUT2D eigenvalue weighted by molar-refractivity contribution is 0.669. The first kappa shape index (κ1) is 23.6. The van der Waals surface area contributed by atoms with Crippen molar-refractivity contribution in [3.05, 3.63) is 194 Å². The van der Waals surface area contributed by atoms with E-state index in [2.05, 4.69) is 54.6 Å². The first-order valence-corrected chi connectivity index (χ1v) is 17.0. The maximum Gasteiger partial charge on any atom is 0.136 e. The molecule has 51 heavy (non-hydrogen) atoms.